The van der Waals surface area contributed by atoms with Crippen LogP contribution in [0, 0.1) is 5.41 Å². The highest BCUT2D eigenvalue weighted by Gasteiger charge is 2.27. The van der Waals surface area contributed by atoms with Gasteiger partial charge in [0.05, 0.1) is 0 Å². The van der Waals surface area contributed by atoms with E-state index < -0.39 is 10.0 Å². The Balaban J connectivity index is 2.43. The minimum atomic E-state index is -3.09. The zero-order valence-corrected chi connectivity index (χ0v) is 11.0. The average molecular weight is 284 g/mol. The maximum atomic E-state index is 11.2. The molecular formula is C9H18BrNO2S. The topological polar surface area (TPSA) is 46.2 Å². The second-order valence-corrected chi connectivity index (χ2v) is 7.53. The van der Waals surface area contributed by atoms with E-state index in [9.17, 15) is 8.42 Å². The van der Waals surface area contributed by atoms with E-state index in [2.05, 4.69) is 27.6 Å². The Kier molecular flexibility index (Phi) is 4.40. The van der Waals surface area contributed by atoms with Crippen molar-refractivity contribution in [3.8, 4) is 0 Å². The van der Waals surface area contributed by atoms with Crippen LogP contribution in [0.4, 0.5) is 0 Å². The smallest absolute Gasteiger partial charge is 0.214 e. The SMILES string of the molecule is CC1(CNS(=O)(=O)CBr)CCCCC1. The highest BCUT2D eigenvalue weighted by molar-refractivity contribution is 9.10. The van der Waals surface area contributed by atoms with Gasteiger partial charge in [-0.15, -0.1) is 0 Å². The summed E-state index contributed by atoms with van der Waals surface area (Å²) in [6.45, 7) is 2.75. The second-order valence-electron chi connectivity index (χ2n) is 4.42. The lowest BCUT2D eigenvalue weighted by atomic mass is 9.76. The number of nitrogens with one attached hydrogen (secondary N) is 1. The van der Waals surface area contributed by atoms with Crippen molar-refractivity contribution in [2.45, 2.75) is 39.0 Å². The third-order valence-corrected chi connectivity index (χ3v) is 5.60. The van der Waals surface area contributed by atoms with E-state index in [0.717, 1.165) is 12.8 Å². The second kappa shape index (κ2) is 4.94. The molecule has 0 aromatic heterocycles. The molecular weight excluding hydrogens is 266 g/mol. The van der Waals surface area contributed by atoms with Crippen LogP contribution in [0.1, 0.15) is 39.0 Å². The molecule has 0 saturated heterocycles. The van der Waals surface area contributed by atoms with Crippen LogP contribution in [0.5, 0.6) is 0 Å². The molecule has 14 heavy (non-hydrogen) atoms. The van der Waals surface area contributed by atoms with Crippen molar-refractivity contribution in [2.75, 3.05) is 11.2 Å². The summed E-state index contributed by atoms with van der Waals surface area (Å²) in [5.74, 6) is 0. The predicted molar refractivity (Wildman–Crippen MR) is 61.9 cm³/mol. The zero-order chi connectivity index (χ0) is 10.7. The van der Waals surface area contributed by atoms with Crippen LogP contribution in [0.2, 0.25) is 0 Å². The van der Waals surface area contributed by atoms with Crippen molar-refractivity contribution in [3.05, 3.63) is 0 Å². The Morgan fingerprint density at radius 2 is 1.86 bits per heavy atom. The fourth-order valence-corrected chi connectivity index (χ4v) is 3.04. The molecule has 0 aromatic rings. The van der Waals surface area contributed by atoms with Gasteiger partial charge in [0, 0.05) is 6.54 Å². The first-order chi connectivity index (χ1) is 6.47. The monoisotopic (exact) mass is 283 g/mol. The fourth-order valence-electron chi connectivity index (χ4n) is 1.90. The van der Waals surface area contributed by atoms with E-state index in [1.165, 1.54) is 19.3 Å². The molecule has 1 aliphatic rings. The Morgan fingerprint density at radius 3 is 2.36 bits per heavy atom. The summed E-state index contributed by atoms with van der Waals surface area (Å²) < 4.78 is 25.1. The van der Waals surface area contributed by atoms with Crippen LogP contribution >= 0.6 is 15.9 Å². The van der Waals surface area contributed by atoms with Crippen LogP contribution in [-0.4, -0.2) is 19.6 Å². The van der Waals surface area contributed by atoms with Gasteiger partial charge in [0.25, 0.3) is 0 Å². The Bertz CT molecular complexity index is 271. The molecule has 1 saturated carbocycles. The number of hydrogen-bond donors (Lipinski definition) is 1. The molecule has 0 spiro atoms. The zero-order valence-electron chi connectivity index (χ0n) is 8.55. The molecule has 0 atom stereocenters. The van der Waals surface area contributed by atoms with Gasteiger partial charge >= 0.3 is 0 Å². The molecule has 1 N–H and O–H groups in total. The van der Waals surface area contributed by atoms with Gasteiger partial charge in [-0.2, -0.15) is 0 Å². The Hall–Kier alpha value is 0.390. The summed E-state index contributed by atoms with van der Waals surface area (Å²) in [7, 11) is -3.09. The van der Waals surface area contributed by atoms with Gasteiger partial charge in [-0.3, -0.25) is 0 Å². The molecule has 0 radical (unpaired) electrons. The minimum absolute atomic E-state index is 0.00389. The Morgan fingerprint density at radius 1 is 1.29 bits per heavy atom. The van der Waals surface area contributed by atoms with Crippen molar-refractivity contribution < 1.29 is 8.42 Å². The number of rotatable bonds is 4. The third-order valence-electron chi connectivity index (χ3n) is 2.92. The maximum absolute atomic E-state index is 11.2. The molecule has 0 bridgehead atoms. The molecule has 3 nitrogen and oxygen atoms in total. The van der Waals surface area contributed by atoms with Gasteiger partial charge in [-0.05, 0) is 18.3 Å². The van der Waals surface area contributed by atoms with E-state index in [-0.39, 0.29) is 10.1 Å². The first-order valence-corrected chi connectivity index (χ1v) is 7.78. The van der Waals surface area contributed by atoms with Crippen molar-refractivity contribution in [1.82, 2.24) is 4.72 Å². The van der Waals surface area contributed by atoms with Crippen LogP contribution in [0.25, 0.3) is 0 Å². The first-order valence-electron chi connectivity index (χ1n) is 5.01. The van der Waals surface area contributed by atoms with Crippen molar-refractivity contribution in [3.63, 3.8) is 0 Å². The highest BCUT2D eigenvalue weighted by Crippen LogP contribution is 2.35. The quantitative estimate of drug-likeness (QED) is 0.805. The van der Waals surface area contributed by atoms with Crippen LogP contribution in [0.3, 0.4) is 0 Å². The average Bonchev–Trinajstić information content (AvgIpc) is 2.17. The van der Waals surface area contributed by atoms with Crippen LogP contribution in [0.15, 0.2) is 0 Å². The van der Waals surface area contributed by atoms with Gasteiger partial charge in [0.2, 0.25) is 10.0 Å². The van der Waals surface area contributed by atoms with E-state index in [1.54, 1.807) is 0 Å². The van der Waals surface area contributed by atoms with Gasteiger partial charge in [-0.1, -0.05) is 42.1 Å². The van der Waals surface area contributed by atoms with Crippen molar-refractivity contribution >= 4 is 26.0 Å². The number of sulfonamides is 1. The lowest BCUT2D eigenvalue weighted by Gasteiger charge is -2.33. The molecule has 1 rings (SSSR count). The van der Waals surface area contributed by atoms with Gasteiger partial charge < -0.3 is 0 Å². The van der Waals surface area contributed by atoms with E-state index >= 15 is 0 Å². The maximum Gasteiger partial charge on any atom is 0.221 e. The first kappa shape index (κ1) is 12.5. The molecule has 84 valence electrons. The largest absolute Gasteiger partial charge is 0.221 e. The summed E-state index contributed by atoms with van der Waals surface area (Å²) in [5.41, 5.74) is 0.174. The molecule has 5 heteroatoms. The normalized spacial score (nSPS) is 22.1. The van der Waals surface area contributed by atoms with Crippen LogP contribution < -0.4 is 4.72 Å². The molecule has 0 unspecified atom stereocenters. The van der Waals surface area contributed by atoms with Gasteiger partial charge in [-0.25, -0.2) is 13.1 Å². The Labute approximate surface area is 94.8 Å². The fraction of sp³-hybridized carbons (Fsp3) is 1.00. The van der Waals surface area contributed by atoms with Gasteiger partial charge in [0.15, 0.2) is 0 Å². The summed E-state index contributed by atoms with van der Waals surface area (Å²) in [4.78, 5) is 0. The lowest BCUT2D eigenvalue weighted by molar-refractivity contribution is 0.219. The third kappa shape index (κ3) is 3.87. The lowest BCUT2D eigenvalue weighted by Crippen LogP contribution is -2.37. The summed E-state index contributed by atoms with van der Waals surface area (Å²) in [5, 5.41) is 0. The summed E-state index contributed by atoms with van der Waals surface area (Å²) in [6.07, 6.45) is 6.02. The van der Waals surface area contributed by atoms with Gasteiger partial charge in [0.1, 0.15) is 4.66 Å². The molecule has 1 aliphatic carbocycles. The number of hydrogen-bond acceptors (Lipinski definition) is 2. The minimum Gasteiger partial charge on any atom is -0.214 e. The summed E-state index contributed by atoms with van der Waals surface area (Å²) >= 11 is 2.96. The standard InChI is InChI=1S/C9H18BrNO2S/c1-9(5-3-2-4-6-9)7-11-14(12,13)8-10/h11H,2-8H2,1H3. The van der Waals surface area contributed by atoms with Crippen molar-refractivity contribution in [2.24, 2.45) is 5.41 Å². The molecule has 1 fully saturated rings. The molecule has 0 aliphatic heterocycles. The van der Waals surface area contributed by atoms with E-state index in [4.69, 9.17) is 0 Å². The molecule has 0 aromatic carbocycles. The van der Waals surface area contributed by atoms with E-state index in [0.29, 0.717) is 6.54 Å². The van der Waals surface area contributed by atoms with E-state index in [1.807, 2.05) is 0 Å². The highest BCUT2D eigenvalue weighted by atomic mass is 79.9. The van der Waals surface area contributed by atoms with Crippen LogP contribution in [-0.2, 0) is 10.0 Å². The predicted octanol–water partition coefficient (Wildman–Crippen LogP) is 2.23. The number of alkyl halides is 1. The number of halogens is 1. The van der Waals surface area contributed by atoms with Crippen molar-refractivity contribution in [1.29, 1.82) is 0 Å². The molecule has 0 heterocycles. The summed E-state index contributed by atoms with van der Waals surface area (Å²) in [6, 6.07) is 0. The molecule has 0 amide bonds.